The maximum absolute atomic E-state index is 13.0. The number of anilines is 1. The highest BCUT2D eigenvalue weighted by atomic mass is 35.5. The van der Waals surface area contributed by atoms with Gasteiger partial charge in [0, 0.05) is 28.9 Å². The van der Waals surface area contributed by atoms with Crippen LogP contribution in [-0.2, 0) is 14.6 Å². The molecule has 0 bridgehead atoms. The Hall–Kier alpha value is -2.80. The van der Waals surface area contributed by atoms with Gasteiger partial charge in [-0.15, -0.1) is 12.4 Å². The van der Waals surface area contributed by atoms with Crippen LogP contribution in [-0.4, -0.2) is 20.0 Å². The van der Waals surface area contributed by atoms with Crippen LogP contribution in [0.25, 0.3) is 0 Å². The fraction of sp³-hybridized carbons (Fsp3) is 0.273. The second kappa shape index (κ2) is 10.2. The molecule has 32 heavy (non-hydrogen) atoms. The van der Waals surface area contributed by atoms with Crippen LogP contribution >= 0.6 is 12.4 Å². The number of allylic oxidation sites excluding steroid dienone is 1. The van der Waals surface area contributed by atoms with Crippen molar-refractivity contribution < 1.29 is 22.0 Å². The fourth-order valence-corrected chi connectivity index (χ4v) is 4.71. The van der Waals surface area contributed by atoms with Gasteiger partial charge in [-0.25, -0.2) is 17.2 Å². The predicted molar refractivity (Wildman–Crippen MR) is 119 cm³/mol. The standard InChI is InChI=1S/C22H21F2N3O3S.ClH/c1-2-31(29,30)19-10-13(12-25)6-7-16(19)21(26)20-17(8-9-18(20)28)27-15-5-3-4-14(11-15)22(23)24;/h3-7,10-11,21-22,27H,2,8-9,26H2,1H3;1H. The third kappa shape index (κ3) is 5.15. The van der Waals surface area contributed by atoms with Gasteiger partial charge in [0.15, 0.2) is 15.6 Å². The average Bonchev–Trinajstić information content (AvgIpc) is 3.12. The minimum atomic E-state index is -3.71. The minimum Gasteiger partial charge on any atom is -0.358 e. The van der Waals surface area contributed by atoms with Gasteiger partial charge in [0.25, 0.3) is 6.43 Å². The van der Waals surface area contributed by atoms with Gasteiger partial charge >= 0.3 is 0 Å². The zero-order chi connectivity index (χ0) is 22.8. The van der Waals surface area contributed by atoms with Crippen molar-refractivity contribution in [2.45, 2.75) is 37.1 Å². The number of carbonyl (C=O) groups is 1. The molecular weight excluding hydrogens is 460 g/mol. The third-order valence-corrected chi connectivity index (χ3v) is 6.95. The van der Waals surface area contributed by atoms with E-state index in [2.05, 4.69) is 5.32 Å². The van der Waals surface area contributed by atoms with Gasteiger partial charge in [0.2, 0.25) is 0 Å². The Morgan fingerprint density at radius 3 is 2.53 bits per heavy atom. The molecule has 0 radical (unpaired) electrons. The number of nitriles is 1. The molecule has 3 N–H and O–H groups in total. The third-order valence-electron chi connectivity index (χ3n) is 5.17. The molecule has 0 aromatic heterocycles. The number of ketones is 1. The lowest BCUT2D eigenvalue weighted by atomic mass is 9.96. The molecule has 0 amide bonds. The van der Waals surface area contributed by atoms with Gasteiger partial charge in [-0.05, 0) is 36.2 Å². The number of rotatable bonds is 7. The van der Waals surface area contributed by atoms with E-state index in [0.717, 1.165) is 0 Å². The van der Waals surface area contributed by atoms with E-state index in [0.29, 0.717) is 17.8 Å². The maximum Gasteiger partial charge on any atom is 0.263 e. The second-order valence-electron chi connectivity index (χ2n) is 7.11. The summed E-state index contributed by atoms with van der Waals surface area (Å²) < 4.78 is 51.2. The number of nitrogens with one attached hydrogen (secondary N) is 1. The number of halogens is 3. The largest absolute Gasteiger partial charge is 0.358 e. The molecule has 0 saturated carbocycles. The highest BCUT2D eigenvalue weighted by Gasteiger charge is 2.32. The van der Waals surface area contributed by atoms with Crippen LogP contribution in [0.15, 0.2) is 58.6 Å². The van der Waals surface area contributed by atoms with Crippen molar-refractivity contribution in [1.82, 2.24) is 0 Å². The molecule has 1 aliphatic rings. The normalized spacial score (nSPS) is 14.8. The quantitative estimate of drug-likeness (QED) is 0.604. The summed E-state index contributed by atoms with van der Waals surface area (Å²) in [6, 6.07) is 10.7. The number of alkyl halides is 2. The van der Waals surface area contributed by atoms with Crippen molar-refractivity contribution in [2.75, 3.05) is 11.1 Å². The smallest absolute Gasteiger partial charge is 0.263 e. The Balaban J connectivity index is 0.00000363. The fourth-order valence-electron chi connectivity index (χ4n) is 3.53. The average molecular weight is 482 g/mol. The number of nitrogens with two attached hydrogens (primary N) is 1. The lowest BCUT2D eigenvalue weighted by Crippen LogP contribution is -2.22. The molecule has 2 aromatic carbocycles. The monoisotopic (exact) mass is 481 g/mol. The van der Waals surface area contributed by atoms with Crippen LogP contribution in [0.2, 0.25) is 0 Å². The number of nitrogens with zero attached hydrogens (tertiary/aromatic N) is 1. The molecule has 0 spiro atoms. The van der Waals surface area contributed by atoms with Crippen molar-refractivity contribution >= 4 is 33.7 Å². The highest BCUT2D eigenvalue weighted by molar-refractivity contribution is 7.91. The van der Waals surface area contributed by atoms with Crippen LogP contribution < -0.4 is 11.1 Å². The summed E-state index contributed by atoms with van der Waals surface area (Å²) >= 11 is 0. The summed E-state index contributed by atoms with van der Waals surface area (Å²) in [5, 5.41) is 12.2. The molecule has 0 saturated heterocycles. The second-order valence-corrected chi connectivity index (χ2v) is 9.36. The number of Topliss-reactive ketones (excluding diaryl/α,β-unsaturated/α-hetero) is 1. The van der Waals surface area contributed by atoms with Gasteiger partial charge in [-0.3, -0.25) is 4.79 Å². The van der Waals surface area contributed by atoms with Gasteiger partial charge in [-0.1, -0.05) is 25.1 Å². The zero-order valence-electron chi connectivity index (χ0n) is 17.1. The number of hydrogen-bond acceptors (Lipinski definition) is 6. The van der Waals surface area contributed by atoms with Crippen LogP contribution in [0.5, 0.6) is 0 Å². The van der Waals surface area contributed by atoms with E-state index in [9.17, 15) is 22.0 Å². The summed E-state index contributed by atoms with van der Waals surface area (Å²) in [6.07, 6.45) is -2.14. The molecule has 170 valence electrons. The molecule has 10 heteroatoms. The Morgan fingerprint density at radius 1 is 1.19 bits per heavy atom. The van der Waals surface area contributed by atoms with E-state index in [1.807, 2.05) is 6.07 Å². The van der Waals surface area contributed by atoms with Crippen molar-refractivity contribution in [1.29, 1.82) is 5.26 Å². The maximum atomic E-state index is 13.0. The first-order chi connectivity index (χ1) is 14.7. The van der Waals surface area contributed by atoms with Crippen LogP contribution in [0.4, 0.5) is 14.5 Å². The van der Waals surface area contributed by atoms with Crippen LogP contribution in [0.3, 0.4) is 0 Å². The SMILES string of the molecule is CCS(=O)(=O)c1cc(C#N)ccc1C(N)C1=C(Nc2cccc(C(F)F)c2)CCC1=O.Cl. The first-order valence-corrected chi connectivity index (χ1v) is 11.3. The Bertz CT molecular complexity index is 1210. The molecule has 2 aromatic rings. The van der Waals surface area contributed by atoms with E-state index in [1.54, 1.807) is 6.07 Å². The molecule has 0 heterocycles. The van der Waals surface area contributed by atoms with Crippen molar-refractivity contribution in [3.8, 4) is 6.07 Å². The molecular formula is C22H22ClF2N3O3S. The number of benzene rings is 2. The number of sulfone groups is 1. The summed E-state index contributed by atoms with van der Waals surface area (Å²) in [7, 11) is -3.71. The van der Waals surface area contributed by atoms with Crippen molar-refractivity contribution in [3.05, 3.63) is 70.4 Å². The summed E-state index contributed by atoms with van der Waals surface area (Å²) in [6.45, 7) is 1.48. The minimum absolute atomic E-state index is 0. The predicted octanol–water partition coefficient (Wildman–Crippen LogP) is 4.44. The highest BCUT2D eigenvalue weighted by Crippen LogP contribution is 2.36. The van der Waals surface area contributed by atoms with Crippen LogP contribution in [0, 0.1) is 11.3 Å². The lowest BCUT2D eigenvalue weighted by molar-refractivity contribution is -0.115. The number of carbonyl (C=O) groups excluding carboxylic acids is 1. The van der Waals surface area contributed by atoms with Crippen LogP contribution in [0.1, 0.15) is 48.9 Å². The molecule has 1 atom stereocenters. The first-order valence-electron chi connectivity index (χ1n) is 9.61. The van der Waals surface area contributed by atoms with E-state index >= 15 is 0 Å². The molecule has 0 fully saturated rings. The molecule has 1 unspecified atom stereocenters. The van der Waals surface area contributed by atoms with Gasteiger partial charge in [0.1, 0.15) is 0 Å². The zero-order valence-corrected chi connectivity index (χ0v) is 18.8. The lowest BCUT2D eigenvalue weighted by Gasteiger charge is -2.19. The van der Waals surface area contributed by atoms with Crippen molar-refractivity contribution in [2.24, 2.45) is 5.73 Å². The Labute approximate surface area is 191 Å². The molecule has 1 aliphatic carbocycles. The number of hydrogen-bond donors (Lipinski definition) is 2. The van der Waals surface area contributed by atoms with E-state index < -0.39 is 22.3 Å². The van der Waals surface area contributed by atoms with E-state index in [1.165, 1.54) is 43.3 Å². The van der Waals surface area contributed by atoms with Gasteiger partial charge in [-0.2, -0.15) is 5.26 Å². The van der Waals surface area contributed by atoms with Gasteiger partial charge < -0.3 is 11.1 Å². The summed E-state index contributed by atoms with van der Waals surface area (Å²) in [5.41, 5.74) is 7.64. The van der Waals surface area contributed by atoms with E-state index in [-0.39, 0.29) is 57.5 Å². The molecule has 3 rings (SSSR count). The summed E-state index contributed by atoms with van der Waals surface area (Å²) in [4.78, 5) is 12.5. The van der Waals surface area contributed by atoms with Crippen molar-refractivity contribution in [3.63, 3.8) is 0 Å². The topological polar surface area (TPSA) is 113 Å². The first kappa shape index (κ1) is 25.5. The summed E-state index contributed by atoms with van der Waals surface area (Å²) in [5.74, 6) is -0.440. The molecule has 6 nitrogen and oxygen atoms in total. The Kier molecular flexibility index (Phi) is 8.13. The van der Waals surface area contributed by atoms with Gasteiger partial charge in [0.05, 0.1) is 28.3 Å². The van der Waals surface area contributed by atoms with E-state index in [4.69, 9.17) is 11.0 Å². The Morgan fingerprint density at radius 2 is 1.91 bits per heavy atom. The molecule has 0 aliphatic heterocycles.